The van der Waals surface area contributed by atoms with Gasteiger partial charge in [0, 0.05) is 31.5 Å². The van der Waals surface area contributed by atoms with Gasteiger partial charge in [0.15, 0.2) is 5.82 Å². The number of nitrogens with zero attached hydrogens (tertiary/aromatic N) is 3. The van der Waals surface area contributed by atoms with Crippen LogP contribution in [-0.4, -0.2) is 34.0 Å². The van der Waals surface area contributed by atoms with E-state index in [2.05, 4.69) is 10.1 Å². The van der Waals surface area contributed by atoms with Gasteiger partial charge < -0.3 is 13.8 Å². The molecule has 0 bridgehead atoms. The number of aryl methyl sites for hydroxylation is 3. The summed E-state index contributed by atoms with van der Waals surface area (Å²) < 4.78 is 10.6. The number of aromatic nitrogens is 2. The van der Waals surface area contributed by atoms with E-state index in [1.54, 1.807) is 6.92 Å². The van der Waals surface area contributed by atoms with Crippen LogP contribution in [0.2, 0.25) is 0 Å². The third-order valence-electron chi connectivity index (χ3n) is 4.56. The number of furan rings is 1. The SMILES string of the molecule is Cc1cc([C@@H](C)C(=O)N2CCC[C@@H](c3noc(C)n3)C2)c(C)o1. The minimum Gasteiger partial charge on any atom is -0.466 e. The van der Waals surface area contributed by atoms with E-state index in [0.29, 0.717) is 18.3 Å². The highest BCUT2D eigenvalue weighted by atomic mass is 16.5. The summed E-state index contributed by atoms with van der Waals surface area (Å²) in [5.41, 5.74) is 0.977. The summed E-state index contributed by atoms with van der Waals surface area (Å²) in [5.74, 6) is 3.05. The number of amides is 1. The Morgan fingerprint density at radius 2 is 2.17 bits per heavy atom. The fourth-order valence-electron chi connectivity index (χ4n) is 3.36. The fraction of sp³-hybridized carbons (Fsp3) is 0.588. The van der Waals surface area contributed by atoms with Gasteiger partial charge in [0.25, 0.3) is 0 Å². The molecule has 2 aromatic heterocycles. The molecule has 124 valence electrons. The lowest BCUT2D eigenvalue weighted by atomic mass is 9.94. The fourth-order valence-corrected chi connectivity index (χ4v) is 3.36. The van der Waals surface area contributed by atoms with Crippen molar-refractivity contribution in [1.29, 1.82) is 0 Å². The van der Waals surface area contributed by atoms with Gasteiger partial charge in [-0.15, -0.1) is 0 Å². The number of likely N-dealkylation sites (tertiary alicyclic amines) is 1. The average Bonchev–Trinajstić information content (AvgIpc) is 3.11. The Morgan fingerprint density at radius 3 is 2.78 bits per heavy atom. The van der Waals surface area contributed by atoms with Crippen LogP contribution in [0.1, 0.15) is 60.4 Å². The van der Waals surface area contributed by atoms with Crippen LogP contribution in [-0.2, 0) is 4.79 Å². The first kappa shape index (κ1) is 15.8. The summed E-state index contributed by atoms with van der Waals surface area (Å²) in [4.78, 5) is 19.1. The van der Waals surface area contributed by atoms with E-state index in [0.717, 1.165) is 36.5 Å². The van der Waals surface area contributed by atoms with Gasteiger partial charge in [0.05, 0.1) is 5.92 Å². The summed E-state index contributed by atoms with van der Waals surface area (Å²) >= 11 is 0. The molecular weight excluding hydrogens is 294 g/mol. The average molecular weight is 317 g/mol. The lowest BCUT2D eigenvalue weighted by molar-refractivity contribution is -0.133. The normalized spacial score (nSPS) is 19.8. The molecule has 0 unspecified atom stereocenters. The predicted octanol–water partition coefficient (Wildman–Crippen LogP) is 3.10. The largest absolute Gasteiger partial charge is 0.466 e. The van der Waals surface area contributed by atoms with E-state index in [9.17, 15) is 4.79 Å². The van der Waals surface area contributed by atoms with Gasteiger partial charge in [-0.2, -0.15) is 4.98 Å². The van der Waals surface area contributed by atoms with Crippen molar-refractivity contribution in [3.63, 3.8) is 0 Å². The lowest BCUT2D eigenvalue weighted by Gasteiger charge is -2.33. The molecule has 3 rings (SSSR count). The Kier molecular flexibility index (Phi) is 4.24. The number of hydrogen-bond donors (Lipinski definition) is 0. The topological polar surface area (TPSA) is 72.4 Å². The third-order valence-corrected chi connectivity index (χ3v) is 4.56. The number of piperidine rings is 1. The molecule has 1 aliphatic heterocycles. The molecule has 6 heteroatoms. The third kappa shape index (κ3) is 3.16. The molecule has 3 heterocycles. The lowest BCUT2D eigenvalue weighted by Crippen LogP contribution is -2.41. The highest BCUT2D eigenvalue weighted by molar-refractivity contribution is 5.83. The Balaban J connectivity index is 1.73. The Labute approximate surface area is 135 Å². The Bertz CT molecular complexity index is 704. The van der Waals surface area contributed by atoms with Gasteiger partial charge in [-0.25, -0.2) is 0 Å². The first-order valence-corrected chi connectivity index (χ1v) is 8.11. The summed E-state index contributed by atoms with van der Waals surface area (Å²) in [7, 11) is 0. The molecule has 1 aliphatic rings. The van der Waals surface area contributed by atoms with Crippen molar-refractivity contribution >= 4 is 5.91 Å². The second-order valence-electron chi connectivity index (χ2n) is 6.39. The minimum absolute atomic E-state index is 0.138. The summed E-state index contributed by atoms with van der Waals surface area (Å²) in [6.07, 6.45) is 1.95. The molecule has 6 nitrogen and oxygen atoms in total. The van der Waals surface area contributed by atoms with E-state index in [4.69, 9.17) is 8.94 Å². The zero-order valence-corrected chi connectivity index (χ0v) is 14.1. The van der Waals surface area contributed by atoms with Crippen molar-refractivity contribution in [2.24, 2.45) is 0 Å². The summed E-state index contributed by atoms with van der Waals surface area (Å²) in [5, 5.41) is 4.01. The number of carbonyl (C=O) groups is 1. The van der Waals surface area contributed by atoms with Crippen molar-refractivity contribution in [1.82, 2.24) is 15.0 Å². The first-order chi connectivity index (χ1) is 11.0. The molecule has 0 radical (unpaired) electrons. The molecular formula is C17H23N3O3. The van der Waals surface area contributed by atoms with E-state index >= 15 is 0 Å². The van der Waals surface area contributed by atoms with Crippen LogP contribution in [0.15, 0.2) is 15.0 Å². The molecule has 23 heavy (non-hydrogen) atoms. The van der Waals surface area contributed by atoms with Crippen LogP contribution in [0.5, 0.6) is 0 Å². The maximum absolute atomic E-state index is 12.9. The predicted molar refractivity (Wildman–Crippen MR) is 84.2 cm³/mol. The maximum atomic E-state index is 12.9. The van der Waals surface area contributed by atoms with Crippen LogP contribution < -0.4 is 0 Å². The Hall–Kier alpha value is -2.11. The monoisotopic (exact) mass is 317 g/mol. The molecule has 0 aliphatic carbocycles. The van der Waals surface area contributed by atoms with Crippen molar-refractivity contribution < 1.29 is 13.7 Å². The van der Waals surface area contributed by atoms with Crippen molar-refractivity contribution in [2.75, 3.05) is 13.1 Å². The molecule has 1 amide bonds. The number of hydrogen-bond acceptors (Lipinski definition) is 5. The van der Waals surface area contributed by atoms with Crippen LogP contribution >= 0.6 is 0 Å². The quantitative estimate of drug-likeness (QED) is 0.870. The zero-order chi connectivity index (χ0) is 16.6. The molecule has 0 spiro atoms. The van der Waals surface area contributed by atoms with Crippen molar-refractivity contribution in [2.45, 2.75) is 52.4 Å². The summed E-state index contributed by atoms with van der Waals surface area (Å²) in [6, 6.07) is 1.96. The molecule has 0 aromatic carbocycles. The van der Waals surface area contributed by atoms with E-state index in [-0.39, 0.29) is 17.7 Å². The van der Waals surface area contributed by atoms with E-state index in [1.165, 1.54) is 0 Å². The number of rotatable bonds is 3. The van der Waals surface area contributed by atoms with Crippen LogP contribution in [0, 0.1) is 20.8 Å². The van der Waals surface area contributed by atoms with Crippen molar-refractivity contribution in [3.8, 4) is 0 Å². The van der Waals surface area contributed by atoms with Gasteiger partial charge >= 0.3 is 0 Å². The first-order valence-electron chi connectivity index (χ1n) is 8.11. The van der Waals surface area contributed by atoms with Gasteiger partial charge in [0.1, 0.15) is 11.5 Å². The molecule has 1 saturated heterocycles. The van der Waals surface area contributed by atoms with Gasteiger partial charge in [-0.1, -0.05) is 5.16 Å². The highest BCUT2D eigenvalue weighted by Gasteiger charge is 2.31. The standard InChI is InChI=1S/C17H23N3O3/c1-10-8-15(12(3)22-10)11(2)17(21)20-7-5-6-14(9-20)16-18-13(4)23-19-16/h8,11,14H,5-7,9H2,1-4H3/t11-,14-/m1/s1. The molecule has 2 aromatic rings. The van der Waals surface area contributed by atoms with Gasteiger partial charge in [-0.3, -0.25) is 4.79 Å². The second kappa shape index (κ2) is 6.18. The van der Waals surface area contributed by atoms with Crippen LogP contribution in [0.4, 0.5) is 0 Å². The highest BCUT2D eigenvalue weighted by Crippen LogP contribution is 2.29. The minimum atomic E-state index is -0.196. The molecule has 2 atom stereocenters. The van der Waals surface area contributed by atoms with E-state index < -0.39 is 0 Å². The smallest absolute Gasteiger partial charge is 0.229 e. The van der Waals surface area contributed by atoms with Gasteiger partial charge in [0.2, 0.25) is 11.8 Å². The molecule has 0 saturated carbocycles. The summed E-state index contributed by atoms with van der Waals surface area (Å²) in [6.45, 7) is 8.98. The number of carbonyl (C=O) groups excluding carboxylic acids is 1. The van der Waals surface area contributed by atoms with Crippen LogP contribution in [0.3, 0.4) is 0 Å². The van der Waals surface area contributed by atoms with Crippen molar-refractivity contribution in [3.05, 3.63) is 34.9 Å². The van der Waals surface area contributed by atoms with Gasteiger partial charge in [-0.05, 0) is 39.7 Å². The molecule has 1 fully saturated rings. The maximum Gasteiger partial charge on any atom is 0.229 e. The second-order valence-corrected chi connectivity index (χ2v) is 6.39. The van der Waals surface area contributed by atoms with Crippen LogP contribution in [0.25, 0.3) is 0 Å². The molecule has 0 N–H and O–H groups in total. The zero-order valence-electron chi connectivity index (χ0n) is 14.1. The van der Waals surface area contributed by atoms with E-state index in [1.807, 2.05) is 31.7 Å². The Morgan fingerprint density at radius 1 is 1.39 bits per heavy atom.